The molecule has 3 aliphatic heterocycles. The molecule has 6 atom stereocenters. The van der Waals surface area contributed by atoms with E-state index in [0.717, 1.165) is 18.7 Å². The maximum Gasteiger partial charge on any atom is 0.410 e. The van der Waals surface area contributed by atoms with E-state index in [1.54, 1.807) is 22.8 Å². The predicted molar refractivity (Wildman–Crippen MR) is 191 cm³/mol. The molecule has 4 aliphatic rings. The van der Waals surface area contributed by atoms with E-state index in [1.165, 1.54) is 38.5 Å². The van der Waals surface area contributed by atoms with Gasteiger partial charge >= 0.3 is 18.2 Å². The molecule has 2 amide bonds. The highest BCUT2D eigenvalue weighted by Crippen LogP contribution is 2.29. The van der Waals surface area contributed by atoms with Crippen LogP contribution in [0.3, 0.4) is 0 Å². The Morgan fingerprint density at radius 2 is 1.67 bits per heavy atom. The number of cyclic esters (lactones) is 1. The Bertz CT molecular complexity index is 1200. The number of carbonyl (C=O) groups excluding carboxylic acids is 3. The van der Waals surface area contributed by atoms with E-state index in [0.29, 0.717) is 45.1 Å². The number of aliphatic hydroxyl groups is 1. The van der Waals surface area contributed by atoms with Gasteiger partial charge in [-0.1, -0.05) is 82.9 Å². The van der Waals surface area contributed by atoms with E-state index in [1.807, 2.05) is 64.2 Å². The van der Waals surface area contributed by atoms with Gasteiger partial charge in [0.15, 0.2) is 6.10 Å². The number of allylic oxidation sites excluding steroid dienone is 2. The lowest BCUT2D eigenvalue weighted by atomic mass is 9.87. The molecule has 1 N–H and O–H groups in total. The third-order valence-electron chi connectivity index (χ3n) is 10.5. The second kappa shape index (κ2) is 18.8. The van der Waals surface area contributed by atoms with Gasteiger partial charge in [0, 0.05) is 63.6 Å². The zero-order chi connectivity index (χ0) is 35.4. The van der Waals surface area contributed by atoms with Gasteiger partial charge in [0.25, 0.3) is 0 Å². The smallest absolute Gasteiger partial charge is 0.410 e. The van der Waals surface area contributed by atoms with Crippen molar-refractivity contribution >= 4 is 18.2 Å². The quantitative estimate of drug-likeness (QED) is 0.104. The first-order chi connectivity index (χ1) is 23.4. The van der Waals surface area contributed by atoms with Gasteiger partial charge in [-0.2, -0.15) is 0 Å². The number of nitrogens with zero attached hydrogens (tertiary/aromatic N) is 3. The molecule has 0 bridgehead atoms. The SMILES string of the molecule is C/C(=C\C=C\[C@@H](C)COC(=O)N1CC=CC1)[C@H]1OC(=O)C[C@H](C)CC[C@@](C)(O)[C@@H](OC(=O)N2CCN(C3CCCCCC3)CC2)/C=C/[C@@H]1C. The van der Waals surface area contributed by atoms with Crippen molar-refractivity contribution in [1.29, 1.82) is 0 Å². The minimum Gasteiger partial charge on any atom is -0.457 e. The van der Waals surface area contributed by atoms with E-state index in [9.17, 15) is 19.5 Å². The molecule has 0 aromatic heterocycles. The summed E-state index contributed by atoms with van der Waals surface area (Å²) in [5.74, 6) is -0.554. The molecule has 274 valence electrons. The molecule has 0 aromatic rings. The minimum absolute atomic E-state index is 0.00180. The van der Waals surface area contributed by atoms with Crippen molar-refractivity contribution in [2.45, 2.75) is 116 Å². The van der Waals surface area contributed by atoms with Crippen LogP contribution in [0.5, 0.6) is 0 Å². The fourth-order valence-corrected chi connectivity index (χ4v) is 7.17. The first kappa shape index (κ1) is 38.7. The zero-order valence-electron chi connectivity index (χ0n) is 30.6. The van der Waals surface area contributed by atoms with Crippen LogP contribution in [0.1, 0.15) is 92.4 Å². The lowest BCUT2D eigenvalue weighted by Crippen LogP contribution is -2.53. The van der Waals surface area contributed by atoms with Crippen LogP contribution < -0.4 is 0 Å². The van der Waals surface area contributed by atoms with E-state index >= 15 is 0 Å². The van der Waals surface area contributed by atoms with Crippen molar-refractivity contribution in [3.05, 3.63) is 48.1 Å². The summed E-state index contributed by atoms with van der Waals surface area (Å²) in [5.41, 5.74) is -0.454. The second-order valence-corrected chi connectivity index (χ2v) is 15.1. The summed E-state index contributed by atoms with van der Waals surface area (Å²) < 4.78 is 17.5. The summed E-state index contributed by atoms with van der Waals surface area (Å²) >= 11 is 0. The van der Waals surface area contributed by atoms with Crippen molar-refractivity contribution in [3.63, 3.8) is 0 Å². The van der Waals surface area contributed by atoms with Gasteiger partial charge in [-0.3, -0.25) is 9.69 Å². The summed E-state index contributed by atoms with van der Waals surface area (Å²) in [6.07, 6.45) is 20.1. The Morgan fingerprint density at radius 1 is 1.00 bits per heavy atom. The first-order valence-electron chi connectivity index (χ1n) is 18.6. The second-order valence-electron chi connectivity index (χ2n) is 15.1. The maximum absolute atomic E-state index is 13.5. The van der Waals surface area contributed by atoms with Gasteiger partial charge in [0.05, 0.1) is 6.61 Å². The highest BCUT2D eigenvalue weighted by Gasteiger charge is 2.37. The van der Waals surface area contributed by atoms with Gasteiger partial charge in [-0.05, 0) is 57.1 Å². The third kappa shape index (κ3) is 12.0. The molecule has 4 rings (SSSR count). The Hall–Kier alpha value is -3.11. The van der Waals surface area contributed by atoms with E-state index in [4.69, 9.17) is 14.2 Å². The summed E-state index contributed by atoms with van der Waals surface area (Å²) in [6, 6.07) is 0.611. The molecule has 49 heavy (non-hydrogen) atoms. The normalized spacial score (nSPS) is 31.4. The molecule has 2 fully saturated rings. The Labute approximate surface area is 294 Å². The third-order valence-corrected chi connectivity index (χ3v) is 10.5. The highest BCUT2D eigenvalue weighted by molar-refractivity contribution is 5.70. The van der Waals surface area contributed by atoms with Gasteiger partial charge in [0.2, 0.25) is 0 Å². The molecule has 10 nitrogen and oxygen atoms in total. The first-order valence-corrected chi connectivity index (χ1v) is 18.6. The average molecular weight is 684 g/mol. The van der Waals surface area contributed by atoms with Crippen molar-refractivity contribution in [2.24, 2.45) is 17.8 Å². The predicted octanol–water partition coefficient (Wildman–Crippen LogP) is 6.65. The number of rotatable bonds is 7. The highest BCUT2D eigenvalue weighted by atomic mass is 16.6. The number of esters is 1. The number of carbonyl (C=O) groups is 3. The molecule has 0 aromatic carbocycles. The molecule has 0 radical (unpaired) electrons. The molecule has 3 heterocycles. The Kier molecular flexibility index (Phi) is 14.8. The molecular weight excluding hydrogens is 622 g/mol. The standard InChI is InChI=1S/C39H61N3O7/c1-29-19-20-39(5,46)34(48-38(45)42-25-23-40(24-26-42)33-15-8-6-7-9-16-33)18-17-32(4)36(49-35(43)27-29)31(3)14-12-13-30(2)28-47-37(44)41-21-10-11-22-41/h10-14,17-18,29-30,32-34,36,46H,6-9,15-16,19-28H2,1-5H3/b13-12+,18-17+,31-14+/t29-,30-,32+,34+,36-,39-/m1/s1. The summed E-state index contributed by atoms with van der Waals surface area (Å²) in [5, 5.41) is 11.6. The van der Waals surface area contributed by atoms with Crippen LogP contribution in [-0.2, 0) is 19.0 Å². The van der Waals surface area contributed by atoms with Crippen molar-refractivity contribution in [1.82, 2.24) is 14.7 Å². The number of hydrogen-bond acceptors (Lipinski definition) is 8. The topological polar surface area (TPSA) is 109 Å². The van der Waals surface area contributed by atoms with Crippen LogP contribution in [0, 0.1) is 17.8 Å². The Morgan fingerprint density at radius 3 is 2.35 bits per heavy atom. The van der Waals surface area contributed by atoms with E-state index in [-0.39, 0.29) is 42.8 Å². The van der Waals surface area contributed by atoms with Gasteiger partial charge in [0.1, 0.15) is 11.7 Å². The maximum atomic E-state index is 13.5. The number of amides is 2. The van der Waals surface area contributed by atoms with Crippen LogP contribution >= 0.6 is 0 Å². The molecule has 0 spiro atoms. The van der Waals surface area contributed by atoms with Crippen molar-refractivity contribution < 1.29 is 33.7 Å². The molecule has 10 heteroatoms. The molecule has 1 aliphatic carbocycles. The van der Waals surface area contributed by atoms with E-state index in [2.05, 4.69) is 4.90 Å². The lowest BCUT2D eigenvalue weighted by Gasteiger charge is -2.40. The van der Waals surface area contributed by atoms with E-state index < -0.39 is 23.9 Å². The van der Waals surface area contributed by atoms with Gasteiger partial charge in [-0.15, -0.1) is 0 Å². The number of ether oxygens (including phenoxy) is 3. The summed E-state index contributed by atoms with van der Waals surface area (Å²) in [4.78, 5) is 44.6. The molecule has 1 saturated heterocycles. The largest absolute Gasteiger partial charge is 0.457 e. The van der Waals surface area contributed by atoms with Crippen molar-refractivity contribution in [3.8, 4) is 0 Å². The zero-order valence-corrected chi connectivity index (χ0v) is 30.6. The number of hydrogen-bond donors (Lipinski definition) is 1. The van der Waals surface area contributed by atoms with Crippen LogP contribution in [-0.4, -0.2) is 108 Å². The fraction of sp³-hybridized carbons (Fsp3) is 0.718. The van der Waals surface area contributed by atoms with Crippen LogP contribution in [0.15, 0.2) is 48.1 Å². The lowest BCUT2D eigenvalue weighted by molar-refractivity contribution is -0.150. The van der Waals surface area contributed by atoms with Gasteiger partial charge in [-0.25, -0.2) is 9.59 Å². The minimum atomic E-state index is -1.31. The number of piperazine rings is 1. The molecular formula is C39H61N3O7. The molecule has 0 unspecified atom stereocenters. The summed E-state index contributed by atoms with van der Waals surface area (Å²) in [7, 11) is 0. The van der Waals surface area contributed by atoms with Crippen LogP contribution in [0.25, 0.3) is 0 Å². The van der Waals surface area contributed by atoms with Gasteiger partial charge < -0.3 is 29.1 Å². The van der Waals surface area contributed by atoms with Crippen LogP contribution in [0.4, 0.5) is 9.59 Å². The summed E-state index contributed by atoms with van der Waals surface area (Å²) in [6.45, 7) is 13.9. The Balaban J connectivity index is 1.40. The monoisotopic (exact) mass is 683 g/mol. The van der Waals surface area contributed by atoms with Crippen LogP contribution in [0.2, 0.25) is 0 Å². The van der Waals surface area contributed by atoms with Crippen molar-refractivity contribution in [2.75, 3.05) is 45.9 Å². The fourth-order valence-electron chi connectivity index (χ4n) is 7.17. The average Bonchev–Trinajstić information content (AvgIpc) is 3.49. The molecule has 1 saturated carbocycles.